The van der Waals surface area contributed by atoms with Crippen LogP contribution >= 0.6 is 11.3 Å². The number of nitrogens with one attached hydrogen (secondary N) is 1. The maximum Gasteiger partial charge on any atom is 0.263 e. The molecule has 0 spiro atoms. The molecule has 116 valence electrons. The Balaban J connectivity index is 1.63. The van der Waals surface area contributed by atoms with E-state index < -0.39 is 0 Å². The minimum absolute atomic E-state index is 0.139. The number of nitrogens with zero attached hydrogens (tertiary/aromatic N) is 4. The number of rotatable bonds is 4. The molecule has 1 aliphatic rings. The van der Waals surface area contributed by atoms with E-state index in [1.165, 1.54) is 11.3 Å². The number of hydrogen-bond acceptors (Lipinski definition) is 7. The first-order valence-corrected chi connectivity index (χ1v) is 7.95. The summed E-state index contributed by atoms with van der Waals surface area (Å²) in [6.07, 6.45) is 1.72. The van der Waals surface area contributed by atoms with E-state index in [-0.39, 0.29) is 5.91 Å². The Morgan fingerprint density at radius 3 is 2.95 bits per heavy atom. The van der Waals surface area contributed by atoms with Crippen molar-refractivity contribution in [3.63, 3.8) is 0 Å². The maximum absolute atomic E-state index is 12.1. The van der Waals surface area contributed by atoms with Crippen molar-refractivity contribution >= 4 is 23.1 Å². The molecule has 0 radical (unpaired) electrons. The van der Waals surface area contributed by atoms with E-state index >= 15 is 0 Å². The fourth-order valence-corrected chi connectivity index (χ4v) is 2.92. The molecule has 1 amide bonds. The molecule has 7 nitrogen and oxygen atoms in total. The SMILES string of the molecule is Cc1ncsc1C(=O)NCc1nccc(N2CCOCC2)n1. The average molecular weight is 319 g/mol. The number of morpholine rings is 1. The van der Waals surface area contributed by atoms with E-state index in [1.54, 1.807) is 11.7 Å². The van der Waals surface area contributed by atoms with Crippen molar-refractivity contribution in [2.24, 2.45) is 0 Å². The van der Waals surface area contributed by atoms with Gasteiger partial charge in [-0.15, -0.1) is 11.3 Å². The van der Waals surface area contributed by atoms with Crippen LogP contribution in [0, 0.1) is 6.92 Å². The highest BCUT2D eigenvalue weighted by Crippen LogP contribution is 2.13. The monoisotopic (exact) mass is 319 g/mol. The van der Waals surface area contributed by atoms with E-state index in [9.17, 15) is 4.79 Å². The van der Waals surface area contributed by atoms with E-state index in [0.717, 1.165) is 24.6 Å². The zero-order valence-electron chi connectivity index (χ0n) is 12.3. The van der Waals surface area contributed by atoms with Crippen molar-refractivity contribution in [2.45, 2.75) is 13.5 Å². The Labute approximate surface area is 132 Å². The lowest BCUT2D eigenvalue weighted by Crippen LogP contribution is -2.37. The Morgan fingerprint density at radius 1 is 1.41 bits per heavy atom. The third-order valence-electron chi connectivity index (χ3n) is 3.38. The van der Waals surface area contributed by atoms with Crippen molar-refractivity contribution in [1.29, 1.82) is 0 Å². The van der Waals surface area contributed by atoms with Gasteiger partial charge < -0.3 is 15.0 Å². The second-order valence-electron chi connectivity index (χ2n) is 4.88. The standard InChI is InChI=1S/C14H17N5O2S/c1-10-13(22-9-17-10)14(20)16-8-11-15-3-2-12(18-11)19-4-6-21-7-5-19/h2-3,9H,4-8H2,1H3,(H,16,20). The third-order valence-corrected chi connectivity index (χ3v) is 4.31. The predicted molar refractivity (Wildman–Crippen MR) is 83.1 cm³/mol. The number of carbonyl (C=O) groups excluding carboxylic acids is 1. The molecule has 0 unspecified atom stereocenters. The summed E-state index contributed by atoms with van der Waals surface area (Å²) in [5.41, 5.74) is 2.41. The van der Waals surface area contributed by atoms with Crippen LogP contribution in [0.4, 0.5) is 5.82 Å². The Morgan fingerprint density at radius 2 is 2.23 bits per heavy atom. The van der Waals surface area contributed by atoms with Crippen LogP contribution in [-0.2, 0) is 11.3 Å². The second-order valence-corrected chi connectivity index (χ2v) is 5.73. The van der Waals surface area contributed by atoms with Gasteiger partial charge in [0, 0.05) is 19.3 Å². The molecule has 0 bridgehead atoms. The molecule has 22 heavy (non-hydrogen) atoms. The molecule has 3 heterocycles. The summed E-state index contributed by atoms with van der Waals surface area (Å²) in [6, 6.07) is 1.88. The molecule has 1 fully saturated rings. The average Bonchev–Trinajstić information content (AvgIpc) is 3.00. The fourth-order valence-electron chi connectivity index (χ4n) is 2.20. The summed E-state index contributed by atoms with van der Waals surface area (Å²) in [4.78, 5) is 27.6. The summed E-state index contributed by atoms with van der Waals surface area (Å²) in [5, 5.41) is 2.84. The van der Waals surface area contributed by atoms with Gasteiger partial charge in [-0.3, -0.25) is 4.79 Å². The smallest absolute Gasteiger partial charge is 0.263 e. The molecular weight excluding hydrogens is 302 g/mol. The highest BCUT2D eigenvalue weighted by molar-refractivity contribution is 7.11. The van der Waals surface area contributed by atoms with Crippen LogP contribution in [0.15, 0.2) is 17.8 Å². The summed E-state index contributed by atoms with van der Waals surface area (Å²) in [7, 11) is 0. The summed E-state index contributed by atoms with van der Waals surface area (Å²) < 4.78 is 5.34. The van der Waals surface area contributed by atoms with Crippen LogP contribution in [0.2, 0.25) is 0 Å². The summed E-state index contributed by atoms with van der Waals surface area (Å²) in [6.45, 7) is 5.18. The van der Waals surface area contributed by atoms with Crippen LogP contribution in [0.5, 0.6) is 0 Å². The van der Waals surface area contributed by atoms with E-state index in [2.05, 4.69) is 25.2 Å². The van der Waals surface area contributed by atoms with Gasteiger partial charge in [-0.25, -0.2) is 15.0 Å². The van der Waals surface area contributed by atoms with Crippen molar-refractivity contribution < 1.29 is 9.53 Å². The van der Waals surface area contributed by atoms with E-state index in [0.29, 0.717) is 30.5 Å². The lowest BCUT2D eigenvalue weighted by Gasteiger charge is -2.27. The molecule has 3 rings (SSSR count). The number of aromatic nitrogens is 3. The largest absolute Gasteiger partial charge is 0.378 e. The number of hydrogen-bond donors (Lipinski definition) is 1. The van der Waals surface area contributed by atoms with Crippen LogP contribution in [0.3, 0.4) is 0 Å². The second kappa shape index (κ2) is 6.80. The predicted octanol–water partition coefficient (Wildman–Crippen LogP) is 1.01. The molecule has 0 saturated carbocycles. The minimum atomic E-state index is -0.139. The molecule has 0 aromatic carbocycles. The first kappa shape index (κ1) is 14.9. The van der Waals surface area contributed by atoms with Crippen LogP contribution < -0.4 is 10.2 Å². The van der Waals surface area contributed by atoms with Gasteiger partial charge in [0.2, 0.25) is 0 Å². The molecular formula is C14H17N5O2S. The fraction of sp³-hybridized carbons (Fsp3) is 0.429. The van der Waals surface area contributed by atoms with Crippen molar-refractivity contribution in [1.82, 2.24) is 20.3 Å². The normalized spacial score (nSPS) is 14.9. The van der Waals surface area contributed by atoms with Gasteiger partial charge in [-0.2, -0.15) is 0 Å². The molecule has 2 aromatic heterocycles. The van der Waals surface area contributed by atoms with Crippen LogP contribution in [0.1, 0.15) is 21.2 Å². The lowest BCUT2D eigenvalue weighted by molar-refractivity contribution is 0.0953. The highest BCUT2D eigenvalue weighted by Gasteiger charge is 2.14. The van der Waals surface area contributed by atoms with Crippen LogP contribution in [0.25, 0.3) is 0 Å². The van der Waals surface area contributed by atoms with E-state index in [4.69, 9.17) is 4.74 Å². The quantitative estimate of drug-likeness (QED) is 0.906. The molecule has 8 heteroatoms. The van der Waals surface area contributed by atoms with Crippen molar-refractivity contribution in [3.8, 4) is 0 Å². The van der Waals surface area contributed by atoms with Gasteiger partial charge >= 0.3 is 0 Å². The highest BCUT2D eigenvalue weighted by atomic mass is 32.1. The molecule has 0 aliphatic carbocycles. The molecule has 1 N–H and O–H groups in total. The number of amides is 1. The Bertz CT molecular complexity index is 654. The number of aryl methyl sites for hydroxylation is 1. The van der Waals surface area contributed by atoms with Gasteiger partial charge in [-0.05, 0) is 13.0 Å². The number of anilines is 1. The van der Waals surface area contributed by atoms with Gasteiger partial charge in [0.05, 0.1) is 31.0 Å². The topological polar surface area (TPSA) is 80.2 Å². The first-order chi connectivity index (χ1) is 10.7. The van der Waals surface area contributed by atoms with Gasteiger partial charge in [0.25, 0.3) is 5.91 Å². The molecule has 0 atom stereocenters. The van der Waals surface area contributed by atoms with Crippen molar-refractivity contribution in [3.05, 3.63) is 34.2 Å². The van der Waals surface area contributed by atoms with Gasteiger partial charge in [-0.1, -0.05) is 0 Å². The minimum Gasteiger partial charge on any atom is -0.378 e. The summed E-state index contributed by atoms with van der Waals surface area (Å²) >= 11 is 1.33. The zero-order chi connectivity index (χ0) is 15.4. The number of carbonyl (C=O) groups is 1. The Hall–Kier alpha value is -2.06. The zero-order valence-corrected chi connectivity index (χ0v) is 13.1. The van der Waals surface area contributed by atoms with E-state index in [1.807, 2.05) is 13.0 Å². The molecule has 1 aliphatic heterocycles. The maximum atomic E-state index is 12.1. The first-order valence-electron chi connectivity index (χ1n) is 7.07. The number of thiazole rings is 1. The van der Waals surface area contributed by atoms with Gasteiger partial charge in [0.15, 0.2) is 0 Å². The van der Waals surface area contributed by atoms with Gasteiger partial charge in [0.1, 0.15) is 16.5 Å². The third kappa shape index (κ3) is 3.40. The van der Waals surface area contributed by atoms with Crippen LogP contribution in [-0.4, -0.2) is 47.2 Å². The lowest BCUT2D eigenvalue weighted by atomic mass is 10.3. The summed E-state index contributed by atoms with van der Waals surface area (Å²) in [5.74, 6) is 1.33. The van der Waals surface area contributed by atoms with Crippen molar-refractivity contribution in [2.75, 3.05) is 31.2 Å². The molecule has 1 saturated heterocycles. The molecule has 2 aromatic rings. The Kier molecular flexibility index (Phi) is 4.59. The number of ether oxygens (including phenoxy) is 1.